The van der Waals surface area contributed by atoms with E-state index in [4.69, 9.17) is 9.41 Å². The van der Waals surface area contributed by atoms with Gasteiger partial charge in [0.2, 0.25) is 0 Å². The van der Waals surface area contributed by atoms with E-state index < -0.39 is 0 Å². The quantitative estimate of drug-likeness (QED) is 0.621. The maximum absolute atomic E-state index is 12.5. The minimum atomic E-state index is -0.0480. The van der Waals surface area contributed by atoms with Gasteiger partial charge >= 0.3 is 0 Å². The smallest absolute Gasteiger partial charge is 0.289 e. The third-order valence-corrected chi connectivity index (χ3v) is 5.18. The van der Waals surface area contributed by atoms with E-state index in [1.165, 1.54) is 23.1 Å². The van der Waals surface area contributed by atoms with Gasteiger partial charge in [0.15, 0.2) is 11.7 Å². The fourth-order valence-electron chi connectivity index (χ4n) is 3.40. The van der Waals surface area contributed by atoms with Gasteiger partial charge in [-0.1, -0.05) is 6.07 Å². The van der Waals surface area contributed by atoms with E-state index in [1.54, 1.807) is 12.1 Å². The van der Waals surface area contributed by atoms with E-state index in [0.717, 1.165) is 25.6 Å². The number of benzene rings is 1. The van der Waals surface area contributed by atoms with Crippen LogP contribution in [0.2, 0.25) is 0 Å². The summed E-state index contributed by atoms with van der Waals surface area (Å²) in [5.74, 6) is 1.25. The number of hydrogen-bond donors (Lipinski definition) is 1. The fraction of sp³-hybridized carbons (Fsp3) is 0.455. The summed E-state index contributed by atoms with van der Waals surface area (Å²) in [5.41, 5.74) is 3.65. The Hall–Kier alpha value is -2.96. The molecule has 7 heteroatoms. The highest BCUT2D eigenvalue weighted by Gasteiger charge is 2.25. The molecule has 1 fully saturated rings. The highest BCUT2D eigenvalue weighted by molar-refractivity contribution is 5.91. The van der Waals surface area contributed by atoms with Crippen LogP contribution in [0.5, 0.6) is 0 Å². The second-order valence-electron chi connectivity index (χ2n) is 7.43. The first-order chi connectivity index (χ1) is 14.0. The Balaban J connectivity index is 1.63. The summed E-state index contributed by atoms with van der Waals surface area (Å²) in [4.78, 5) is 23.5. The van der Waals surface area contributed by atoms with Crippen molar-refractivity contribution in [2.45, 2.75) is 20.4 Å². The fourth-order valence-corrected chi connectivity index (χ4v) is 3.40. The van der Waals surface area contributed by atoms with Crippen LogP contribution in [0, 0.1) is 6.92 Å². The molecule has 0 spiro atoms. The first kappa shape index (κ1) is 20.8. The van der Waals surface area contributed by atoms with Crippen LogP contribution in [0.3, 0.4) is 0 Å². The highest BCUT2D eigenvalue weighted by atomic mass is 16.3. The van der Waals surface area contributed by atoms with Gasteiger partial charge in [0.25, 0.3) is 5.91 Å². The Kier molecular flexibility index (Phi) is 6.80. The Morgan fingerprint density at radius 2 is 1.90 bits per heavy atom. The van der Waals surface area contributed by atoms with Crippen LogP contribution in [0.15, 0.2) is 46.0 Å². The lowest BCUT2D eigenvalue weighted by molar-refractivity contribution is 0.0657. The number of amides is 1. The number of piperazine rings is 1. The molecule has 0 aliphatic carbocycles. The Morgan fingerprint density at radius 3 is 2.48 bits per heavy atom. The largest absolute Gasteiger partial charge is 0.459 e. The number of aryl methyl sites for hydroxylation is 1. The van der Waals surface area contributed by atoms with Gasteiger partial charge in [-0.25, -0.2) is 4.99 Å². The minimum absolute atomic E-state index is 0.0480. The van der Waals surface area contributed by atoms with Gasteiger partial charge in [-0.05, 0) is 49.2 Å². The summed E-state index contributed by atoms with van der Waals surface area (Å²) in [6, 6.07) is 9.93. The first-order valence-electron chi connectivity index (χ1n) is 10.1. The zero-order valence-corrected chi connectivity index (χ0v) is 17.8. The Morgan fingerprint density at radius 1 is 1.17 bits per heavy atom. The number of nitrogens with one attached hydrogen (secondary N) is 1. The highest BCUT2D eigenvalue weighted by Crippen LogP contribution is 2.18. The molecule has 156 valence electrons. The number of carbonyl (C=O) groups is 1. The molecule has 0 radical (unpaired) electrons. The molecular weight excluding hydrogens is 366 g/mol. The summed E-state index contributed by atoms with van der Waals surface area (Å²) in [7, 11) is 4.10. The molecule has 0 saturated carbocycles. The van der Waals surface area contributed by atoms with E-state index >= 15 is 0 Å². The van der Waals surface area contributed by atoms with Crippen molar-refractivity contribution in [3.8, 4) is 0 Å². The minimum Gasteiger partial charge on any atom is -0.459 e. The summed E-state index contributed by atoms with van der Waals surface area (Å²) in [5, 5.41) is 3.39. The van der Waals surface area contributed by atoms with Crippen molar-refractivity contribution in [2.24, 2.45) is 4.99 Å². The maximum Gasteiger partial charge on any atom is 0.289 e. The normalized spacial score (nSPS) is 14.8. The number of guanidine groups is 1. The molecule has 1 aromatic carbocycles. The van der Waals surface area contributed by atoms with Crippen molar-refractivity contribution in [1.82, 2.24) is 15.1 Å². The van der Waals surface area contributed by atoms with E-state index in [0.29, 0.717) is 25.4 Å². The molecule has 1 aromatic heterocycles. The molecule has 1 saturated heterocycles. The molecule has 2 heterocycles. The average Bonchev–Trinajstić information content (AvgIpc) is 3.26. The second kappa shape index (κ2) is 9.49. The Bertz CT molecular complexity index is 837. The topological polar surface area (TPSA) is 64.3 Å². The number of nitrogens with zero attached hydrogens (tertiary/aromatic N) is 4. The lowest BCUT2D eigenvalue weighted by Gasteiger charge is -2.36. The zero-order chi connectivity index (χ0) is 20.8. The van der Waals surface area contributed by atoms with E-state index in [9.17, 15) is 4.79 Å². The van der Waals surface area contributed by atoms with Gasteiger partial charge in [-0.15, -0.1) is 0 Å². The summed E-state index contributed by atoms with van der Waals surface area (Å²) in [6.45, 7) is 8.44. The van der Waals surface area contributed by atoms with Gasteiger partial charge in [0.05, 0.1) is 12.8 Å². The van der Waals surface area contributed by atoms with Crippen molar-refractivity contribution >= 4 is 17.6 Å². The molecular formula is C22H31N5O2. The van der Waals surface area contributed by atoms with E-state index in [1.807, 2.05) is 19.0 Å². The number of anilines is 1. The predicted octanol–water partition coefficient (Wildman–Crippen LogP) is 2.58. The van der Waals surface area contributed by atoms with Crippen LogP contribution in [-0.2, 0) is 6.54 Å². The Labute approximate surface area is 173 Å². The van der Waals surface area contributed by atoms with Gasteiger partial charge in [0, 0.05) is 52.5 Å². The number of rotatable bonds is 5. The van der Waals surface area contributed by atoms with Crippen LogP contribution in [0.25, 0.3) is 0 Å². The van der Waals surface area contributed by atoms with E-state index in [-0.39, 0.29) is 5.91 Å². The maximum atomic E-state index is 12.5. The molecule has 1 N–H and O–H groups in total. The molecule has 0 unspecified atom stereocenters. The summed E-state index contributed by atoms with van der Waals surface area (Å²) in [6.07, 6.45) is 1.53. The number of furan rings is 1. The third kappa shape index (κ3) is 5.10. The molecule has 7 nitrogen and oxygen atoms in total. The molecule has 3 rings (SSSR count). The van der Waals surface area contributed by atoms with Gasteiger partial charge in [-0.2, -0.15) is 0 Å². The third-order valence-electron chi connectivity index (χ3n) is 5.18. The van der Waals surface area contributed by atoms with Gasteiger partial charge < -0.3 is 24.4 Å². The lowest BCUT2D eigenvalue weighted by atomic mass is 10.1. The molecule has 2 aromatic rings. The first-order valence-corrected chi connectivity index (χ1v) is 10.1. The monoisotopic (exact) mass is 397 g/mol. The number of hydrogen-bond acceptors (Lipinski definition) is 4. The molecule has 0 bridgehead atoms. The van der Waals surface area contributed by atoms with Crippen LogP contribution in [0.1, 0.15) is 28.6 Å². The van der Waals surface area contributed by atoms with Crippen molar-refractivity contribution in [3.05, 3.63) is 53.5 Å². The van der Waals surface area contributed by atoms with Crippen molar-refractivity contribution in [3.63, 3.8) is 0 Å². The van der Waals surface area contributed by atoms with Gasteiger partial charge in [-0.3, -0.25) is 4.79 Å². The second-order valence-corrected chi connectivity index (χ2v) is 7.43. The SMILES string of the molecule is CCNC(=NCc1ccc(N(C)C)cc1C)N1CCN(C(=O)c2ccco2)CC1. The van der Waals surface area contributed by atoms with Crippen LogP contribution < -0.4 is 10.2 Å². The van der Waals surface area contributed by atoms with Crippen molar-refractivity contribution in [2.75, 3.05) is 51.7 Å². The van der Waals surface area contributed by atoms with Gasteiger partial charge in [0.1, 0.15) is 0 Å². The predicted molar refractivity (Wildman–Crippen MR) is 117 cm³/mol. The zero-order valence-electron chi connectivity index (χ0n) is 17.8. The molecule has 29 heavy (non-hydrogen) atoms. The standard InChI is InChI=1S/C22H31N5O2/c1-5-23-22(24-16-18-8-9-19(25(3)4)15-17(18)2)27-12-10-26(11-13-27)21(28)20-7-6-14-29-20/h6-9,14-15H,5,10-13,16H2,1-4H3,(H,23,24). The number of aliphatic imine (C=N–C) groups is 1. The van der Waals surface area contributed by atoms with Crippen LogP contribution in [-0.4, -0.2) is 68.5 Å². The molecule has 1 aliphatic heterocycles. The van der Waals surface area contributed by atoms with Crippen LogP contribution in [0.4, 0.5) is 5.69 Å². The average molecular weight is 398 g/mol. The lowest BCUT2D eigenvalue weighted by Crippen LogP contribution is -2.53. The van der Waals surface area contributed by atoms with E-state index in [2.05, 4.69) is 47.2 Å². The molecule has 1 amide bonds. The summed E-state index contributed by atoms with van der Waals surface area (Å²) >= 11 is 0. The molecule has 1 aliphatic rings. The number of carbonyl (C=O) groups excluding carboxylic acids is 1. The van der Waals surface area contributed by atoms with Crippen molar-refractivity contribution in [1.29, 1.82) is 0 Å². The van der Waals surface area contributed by atoms with Crippen molar-refractivity contribution < 1.29 is 9.21 Å². The molecule has 0 atom stereocenters. The van der Waals surface area contributed by atoms with Crippen LogP contribution >= 0.6 is 0 Å². The summed E-state index contributed by atoms with van der Waals surface area (Å²) < 4.78 is 5.24.